The van der Waals surface area contributed by atoms with Gasteiger partial charge in [-0.3, -0.25) is 4.79 Å². The highest BCUT2D eigenvalue weighted by atomic mass is 32.2. The number of carboxylic acid groups (broad SMARTS) is 1. The minimum Gasteiger partial charge on any atom is -0.478 e. The minimum absolute atomic E-state index is 0.0680. The van der Waals surface area contributed by atoms with Crippen LogP contribution in [-0.2, 0) is 0 Å². The molecule has 0 spiro atoms. The molecule has 1 rings (SSSR count). The third-order valence-electron chi connectivity index (χ3n) is 1.65. The average molecular weight is 210 g/mol. The Kier molecular flexibility index (Phi) is 3.71. The van der Waals surface area contributed by atoms with Crippen molar-refractivity contribution in [3.8, 4) is 0 Å². The molecule has 0 bridgehead atoms. The van der Waals surface area contributed by atoms with Gasteiger partial charge in [-0.05, 0) is 17.9 Å². The largest absolute Gasteiger partial charge is 0.478 e. The van der Waals surface area contributed by atoms with Crippen molar-refractivity contribution in [2.75, 3.05) is 5.75 Å². The summed E-state index contributed by atoms with van der Waals surface area (Å²) in [6.45, 7) is 1.85. The van der Waals surface area contributed by atoms with Gasteiger partial charge in [0.1, 0.15) is 0 Å². The SMILES string of the molecule is CCSC(=O)c1ccccc1C(=O)O. The van der Waals surface area contributed by atoms with Crippen LogP contribution < -0.4 is 0 Å². The molecule has 1 N–H and O–H groups in total. The molecule has 0 saturated heterocycles. The van der Waals surface area contributed by atoms with Crippen LogP contribution in [0.25, 0.3) is 0 Å². The van der Waals surface area contributed by atoms with Gasteiger partial charge in [-0.25, -0.2) is 4.79 Å². The lowest BCUT2D eigenvalue weighted by molar-refractivity contribution is 0.0693. The van der Waals surface area contributed by atoms with Crippen LogP contribution in [0.2, 0.25) is 0 Å². The van der Waals surface area contributed by atoms with E-state index in [0.717, 1.165) is 11.8 Å². The van der Waals surface area contributed by atoms with E-state index in [9.17, 15) is 9.59 Å². The first-order valence-electron chi connectivity index (χ1n) is 4.16. The number of benzene rings is 1. The van der Waals surface area contributed by atoms with Gasteiger partial charge in [-0.1, -0.05) is 30.8 Å². The molecule has 0 aliphatic heterocycles. The molecular formula is C10H10O3S. The van der Waals surface area contributed by atoms with Crippen molar-refractivity contribution in [1.29, 1.82) is 0 Å². The maximum absolute atomic E-state index is 11.5. The molecule has 3 nitrogen and oxygen atoms in total. The van der Waals surface area contributed by atoms with E-state index in [1.165, 1.54) is 12.1 Å². The summed E-state index contributed by atoms with van der Waals surface area (Å²) in [5.74, 6) is -0.419. The number of hydrogen-bond acceptors (Lipinski definition) is 3. The summed E-state index contributed by atoms with van der Waals surface area (Å²) in [7, 11) is 0. The molecule has 1 aromatic rings. The van der Waals surface area contributed by atoms with E-state index in [-0.39, 0.29) is 16.2 Å². The molecule has 1 aromatic carbocycles. The van der Waals surface area contributed by atoms with Crippen molar-refractivity contribution in [2.45, 2.75) is 6.92 Å². The van der Waals surface area contributed by atoms with E-state index in [1.54, 1.807) is 12.1 Å². The Morgan fingerprint density at radius 2 is 1.86 bits per heavy atom. The van der Waals surface area contributed by atoms with Gasteiger partial charge < -0.3 is 5.11 Å². The highest BCUT2D eigenvalue weighted by Gasteiger charge is 2.14. The molecule has 4 heteroatoms. The fraction of sp³-hybridized carbons (Fsp3) is 0.200. The highest BCUT2D eigenvalue weighted by molar-refractivity contribution is 8.14. The topological polar surface area (TPSA) is 54.4 Å². The van der Waals surface area contributed by atoms with Crippen LogP contribution >= 0.6 is 11.8 Å². The van der Waals surface area contributed by atoms with Crippen LogP contribution in [0.5, 0.6) is 0 Å². The summed E-state index contributed by atoms with van der Waals surface area (Å²) >= 11 is 1.11. The number of aromatic carboxylic acids is 1. The summed E-state index contributed by atoms with van der Waals surface area (Å²) in [6.07, 6.45) is 0. The molecule has 0 aliphatic carbocycles. The molecule has 0 fully saturated rings. The molecule has 0 atom stereocenters. The Hall–Kier alpha value is -1.29. The molecule has 0 amide bonds. The molecule has 74 valence electrons. The first-order chi connectivity index (χ1) is 6.66. The monoisotopic (exact) mass is 210 g/mol. The maximum Gasteiger partial charge on any atom is 0.336 e. The van der Waals surface area contributed by atoms with E-state index < -0.39 is 5.97 Å². The van der Waals surface area contributed by atoms with Crippen molar-refractivity contribution in [3.05, 3.63) is 35.4 Å². The molecule has 0 aromatic heterocycles. The summed E-state index contributed by atoms with van der Waals surface area (Å²) in [4.78, 5) is 22.2. The number of thioether (sulfide) groups is 1. The molecule has 0 saturated carbocycles. The number of hydrogen-bond donors (Lipinski definition) is 1. The zero-order chi connectivity index (χ0) is 10.6. The summed E-state index contributed by atoms with van der Waals surface area (Å²) in [6, 6.07) is 6.24. The van der Waals surface area contributed by atoms with Crippen LogP contribution in [0.3, 0.4) is 0 Å². The zero-order valence-electron chi connectivity index (χ0n) is 7.69. The van der Waals surface area contributed by atoms with Gasteiger partial charge in [0.2, 0.25) is 5.12 Å². The predicted octanol–water partition coefficient (Wildman–Crippen LogP) is 2.28. The molecule has 14 heavy (non-hydrogen) atoms. The molecular weight excluding hydrogens is 200 g/mol. The normalized spacial score (nSPS) is 9.79. The zero-order valence-corrected chi connectivity index (χ0v) is 8.50. The Balaban J connectivity index is 3.07. The van der Waals surface area contributed by atoms with Gasteiger partial charge in [0.15, 0.2) is 0 Å². The van der Waals surface area contributed by atoms with Crippen molar-refractivity contribution < 1.29 is 14.7 Å². The summed E-state index contributed by atoms with van der Waals surface area (Å²) in [5, 5.41) is 8.63. The fourth-order valence-corrected chi connectivity index (χ4v) is 1.65. The fourth-order valence-electron chi connectivity index (χ4n) is 1.06. The number of carbonyl (C=O) groups excluding carboxylic acids is 1. The van der Waals surface area contributed by atoms with Crippen molar-refractivity contribution >= 4 is 22.8 Å². The van der Waals surface area contributed by atoms with E-state index in [0.29, 0.717) is 5.75 Å². The van der Waals surface area contributed by atoms with Gasteiger partial charge in [0, 0.05) is 5.56 Å². The summed E-state index contributed by atoms with van der Waals surface area (Å²) < 4.78 is 0. The second kappa shape index (κ2) is 4.81. The lowest BCUT2D eigenvalue weighted by Crippen LogP contribution is -2.05. The third-order valence-corrected chi connectivity index (χ3v) is 2.42. The molecule has 0 aliphatic rings. The van der Waals surface area contributed by atoms with Crippen LogP contribution in [0.4, 0.5) is 0 Å². The number of carboxylic acids is 1. The summed E-state index contributed by atoms with van der Waals surface area (Å²) in [5.41, 5.74) is 0.338. The first kappa shape index (κ1) is 10.8. The van der Waals surface area contributed by atoms with Gasteiger partial charge in [-0.15, -0.1) is 0 Å². The van der Waals surface area contributed by atoms with Crippen LogP contribution in [-0.4, -0.2) is 21.9 Å². The standard InChI is InChI=1S/C10H10O3S/c1-2-14-10(13)8-6-4-3-5-7(8)9(11)12/h3-6H,2H2,1H3,(H,11,12). The van der Waals surface area contributed by atoms with E-state index in [4.69, 9.17) is 5.11 Å². The van der Waals surface area contributed by atoms with Crippen molar-refractivity contribution in [3.63, 3.8) is 0 Å². The predicted molar refractivity (Wildman–Crippen MR) is 55.9 cm³/mol. The third kappa shape index (κ3) is 2.35. The lowest BCUT2D eigenvalue weighted by Gasteiger charge is -2.02. The second-order valence-electron chi connectivity index (χ2n) is 2.57. The Labute approximate surface area is 86.1 Å². The van der Waals surface area contributed by atoms with Gasteiger partial charge in [-0.2, -0.15) is 0 Å². The van der Waals surface area contributed by atoms with E-state index in [1.807, 2.05) is 6.92 Å². The van der Waals surface area contributed by atoms with Crippen molar-refractivity contribution in [2.24, 2.45) is 0 Å². The Morgan fingerprint density at radius 3 is 2.36 bits per heavy atom. The Morgan fingerprint density at radius 1 is 1.29 bits per heavy atom. The van der Waals surface area contributed by atoms with Gasteiger partial charge >= 0.3 is 5.97 Å². The maximum atomic E-state index is 11.5. The van der Waals surface area contributed by atoms with Crippen molar-refractivity contribution in [1.82, 2.24) is 0 Å². The molecule has 0 heterocycles. The van der Waals surface area contributed by atoms with Gasteiger partial charge in [0.05, 0.1) is 5.56 Å². The second-order valence-corrected chi connectivity index (χ2v) is 3.81. The first-order valence-corrected chi connectivity index (χ1v) is 5.14. The average Bonchev–Trinajstić information content (AvgIpc) is 2.18. The van der Waals surface area contributed by atoms with Crippen LogP contribution in [0.15, 0.2) is 24.3 Å². The molecule has 0 radical (unpaired) electrons. The van der Waals surface area contributed by atoms with Gasteiger partial charge in [0.25, 0.3) is 0 Å². The smallest absolute Gasteiger partial charge is 0.336 e. The van der Waals surface area contributed by atoms with E-state index in [2.05, 4.69) is 0 Å². The Bertz CT molecular complexity index is 360. The van der Waals surface area contributed by atoms with E-state index >= 15 is 0 Å². The lowest BCUT2D eigenvalue weighted by atomic mass is 10.1. The molecule has 0 unspecified atom stereocenters. The quantitative estimate of drug-likeness (QED) is 0.831. The van der Waals surface area contributed by atoms with Crippen LogP contribution in [0.1, 0.15) is 27.6 Å². The number of carbonyl (C=O) groups is 2. The van der Waals surface area contributed by atoms with Crippen LogP contribution in [0, 0.1) is 0 Å². The number of rotatable bonds is 3. The highest BCUT2D eigenvalue weighted by Crippen LogP contribution is 2.16. The minimum atomic E-state index is -1.06.